The molecule has 8 nitrogen and oxygen atoms in total. The zero-order valence-electron chi connectivity index (χ0n) is 16.4. The third-order valence-corrected chi connectivity index (χ3v) is 5.33. The van der Waals surface area contributed by atoms with Crippen LogP contribution in [0.25, 0.3) is 11.4 Å². The van der Waals surface area contributed by atoms with Gasteiger partial charge in [0.1, 0.15) is 0 Å². The second kappa shape index (κ2) is 9.82. The zero-order valence-corrected chi connectivity index (χ0v) is 18.8. The molecule has 2 amide bonds. The van der Waals surface area contributed by atoms with E-state index in [1.165, 1.54) is 9.70 Å². The molecule has 1 N–H and O–H groups in total. The number of anilines is 1. The highest BCUT2D eigenvalue weighted by Crippen LogP contribution is 2.22. The molecule has 0 saturated heterocycles. The fourth-order valence-corrected chi connectivity index (χ4v) is 3.32. The Bertz CT molecular complexity index is 1040. The summed E-state index contributed by atoms with van der Waals surface area (Å²) in [5.41, 5.74) is 1.38. The summed E-state index contributed by atoms with van der Waals surface area (Å²) in [6.45, 7) is 1.75. The number of amides is 2. The van der Waals surface area contributed by atoms with Gasteiger partial charge in [-0.25, -0.2) is 0 Å². The number of carbonyl (C=O) groups is 2. The van der Waals surface area contributed by atoms with Gasteiger partial charge in [-0.15, -0.1) is 10.2 Å². The zero-order chi connectivity index (χ0) is 21.7. The van der Waals surface area contributed by atoms with Crippen molar-refractivity contribution in [1.29, 1.82) is 0 Å². The first kappa shape index (κ1) is 21.9. The SMILES string of the molecule is CCC(C(=O)N(C)CC(=O)Nc1ccccc1Br)n1nnc(-c2ccc(Cl)cc2)n1. The smallest absolute Gasteiger partial charge is 0.249 e. The fraction of sp³-hybridized carbons (Fsp3) is 0.250. The molecule has 1 heterocycles. The van der Waals surface area contributed by atoms with Gasteiger partial charge in [-0.05, 0) is 64.0 Å². The van der Waals surface area contributed by atoms with Crippen LogP contribution in [0.4, 0.5) is 5.69 Å². The molecule has 10 heteroatoms. The molecule has 0 fully saturated rings. The monoisotopic (exact) mass is 490 g/mol. The highest BCUT2D eigenvalue weighted by atomic mass is 79.9. The van der Waals surface area contributed by atoms with E-state index in [1.54, 1.807) is 37.4 Å². The number of tetrazole rings is 1. The topological polar surface area (TPSA) is 93.0 Å². The van der Waals surface area contributed by atoms with Gasteiger partial charge in [0.2, 0.25) is 17.6 Å². The molecule has 0 saturated carbocycles. The van der Waals surface area contributed by atoms with Crippen molar-refractivity contribution in [2.45, 2.75) is 19.4 Å². The van der Waals surface area contributed by atoms with Crippen molar-refractivity contribution >= 4 is 45.0 Å². The molecule has 0 bridgehead atoms. The van der Waals surface area contributed by atoms with E-state index in [0.717, 1.165) is 10.0 Å². The standard InChI is InChI=1S/C20H20BrClN6O2/c1-3-17(28-25-19(24-26-28)13-8-10-14(22)11-9-13)20(30)27(2)12-18(29)23-16-7-5-4-6-15(16)21/h4-11,17H,3,12H2,1-2H3,(H,23,29). The molecule has 2 aromatic carbocycles. The molecule has 1 aromatic heterocycles. The lowest BCUT2D eigenvalue weighted by molar-refractivity contribution is -0.137. The lowest BCUT2D eigenvalue weighted by Crippen LogP contribution is -2.40. The van der Waals surface area contributed by atoms with E-state index in [4.69, 9.17) is 11.6 Å². The van der Waals surface area contributed by atoms with E-state index in [-0.39, 0.29) is 18.4 Å². The van der Waals surface area contributed by atoms with Gasteiger partial charge in [0.25, 0.3) is 0 Å². The Morgan fingerprint density at radius 2 is 1.90 bits per heavy atom. The summed E-state index contributed by atoms with van der Waals surface area (Å²) in [5.74, 6) is -0.187. The number of nitrogens with one attached hydrogen (secondary N) is 1. The number of nitrogens with zero attached hydrogens (tertiary/aromatic N) is 5. The van der Waals surface area contributed by atoms with E-state index in [2.05, 4.69) is 36.7 Å². The minimum atomic E-state index is -0.667. The van der Waals surface area contributed by atoms with Gasteiger partial charge in [-0.1, -0.05) is 30.7 Å². The maximum atomic E-state index is 12.9. The highest BCUT2D eigenvalue weighted by molar-refractivity contribution is 9.10. The lowest BCUT2D eigenvalue weighted by atomic mass is 10.2. The van der Waals surface area contributed by atoms with Gasteiger partial charge in [-0.2, -0.15) is 4.80 Å². The van der Waals surface area contributed by atoms with Gasteiger partial charge >= 0.3 is 0 Å². The molecule has 0 aliphatic rings. The predicted octanol–water partition coefficient (Wildman–Crippen LogP) is 3.80. The quantitative estimate of drug-likeness (QED) is 0.542. The molecular formula is C20H20BrClN6O2. The van der Waals surface area contributed by atoms with Crippen molar-refractivity contribution in [2.24, 2.45) is 0 Å². The van der Waals surface area contributed by atoms with Gasteiger partial charge in [0.05, 0.1) is 12.2 Å². The van der Waals surface area contributed by atoms with E-state index >= 15 is 0 Å². The van der Waals surface area contributed by atoms with Crippen LogP contribution in [0.15, 0.2) is 53.0 Å². The Balaban J connectivity index is 1.67. The highest BCUT2D eigenvalue weighted by Gasteiger charge is 2.26. The molecular weight excluding hydrogens is 472 g/mol. The number of aromatic nitrogens is 4. The molecule has 3 aromatic rings. The molecule has 0 aliphatic heterocycles. The van der Waals surface area contributed by atoms with Crippen LogP contribution >= 0.6 is 27.5 Å². The Kier molecular flexibility index (Phi) is 7.17. The van der Waals surface area contributed by atoms with Crippen molar-refractivity contribution in [3.63, 3.8) is 0 Å². The molecule has 0 radical (unpaired) electrons. The maximum Gasteiger partial charge on any atom is 0.249 e. The maximum absolute atomic E-state index is 12.9. The number of halogens is 2. The first-order chi connectivity index (χ1) is 14.4. The Morgan fingerprint density at radius 3 is 2.57 bits per heavy atom. The van der Waals surface area contributed by atoms with E-state index in [0.29, 0.717) is 23.0 Å². The van der Waals surface area contributed by atoms with Crippen molar-refractivity contribution in [1.82, 2.24) is 25.1 Å². The number of rotatable bonds is 7. The van der Waals surface area contributed by atoms with Crippen LogP contribution in [0.2, 0.25) is 5.02 Å². The van der Waals surface area contributed by atoms with Crippen LogP contribution in [0.3, 0.4) is 0 Å². The summed E-state index contributed by atoms with van der Waals surface area (Å²) in [5, 5.41) is 15.8. The predicted molar refractivity (Wildman–Crippen MR) is 118 cm³/mol. The molecule has 1 unspecified atom stereocenters. The second-order valence-corrected chi connectivity index (χ2v) is 7.88. The first-order valence-electron chi connectivity index (χ1n) is 9.23. The summed E-state index contributed by atoms with van der Waals surface area (Å²) in [7, 11) is 1.57. The van der Waals surface area contributed by atoms with Crippen LogP contribution < -0.4 is 5.32 Å². The van der Waals surface area contributed by atoms with Crippen molar-refractivity contribution in [3.05, 3.63) is 58.0 Å². The average molecular weight is 492 g/mol. The number of hydrogen-bond donors (Lipinski definition) is 1. The third kappa shape index (κ3) is 5.22. The Morgan fingerprint density at radius 1 is 1.20 bits per heavy atom. The summed E-state index contributed by atoms with van der Waals surface area (Å²) in [6.07, 6.45) is 0.450. The van der Waals surface area contributed by atoms with Gasteiger partial charge in [0, 0.05) is 22.1 Å². The van der Waals surface area contributed by atoms with Crippen LogP contribution in [-0.4, -0.2) is 50.5 Å². The number of carbonyl (C=O) groups excluding carboxylic acids is 2. The van der Waals surface area contributed by atoms with E-state index in [9.17, 15) is 9.59 Å². The molecule has 0 aliphatic carbocycles. The number of para-hydroxylation sites is 1. The Labute approximate surface area is 187 Å². The summed E-state index contributed by atoms with van der Waals surface area (Å²) >= 11 is 9.29. The van der Waals surface area contributed by atoms with Gasteiger partial charge in [-0.3, -0.25) is 9.59 Å². The van der Waals surface area contributed by atoms with Crippen molar-refractivity contribution in [2.75, 3.05) is 18.9 Å². The van der Waals surface area contributed by atoms with Crippen molar-refractivity contribution in [3.8, 4) is 11.4 Å². The molecule has 0 spiro atoms. The number of likely N-dealkylation sites (N-methyl/N-ethyl adjacent to an activating group) is 1. The lowest BCUT2D eigenvalue weighted by Gasteiger charge is -2.21. The minimum absolute atomic E-state index is 0.102. The normalized spacial score (nSPS) is 11.7. The van der Waals surface area contributed by atoms with Crippen molar-refractivity contribution < 1.29 is 9.59 Å². The summed E-state index contributed by atoms with van der Waals surface area (Å²) in [6, 6.07) is 13.6. The van der Waals surface area contributed by atoms with Crippen LogP contribution in [-0.2, 0) is 9.59 Å². The van der Waals surface area contributed by atoms with Crippen LogP contribution in [0.5, 0.6) is 0 Å². The third-order valence-electron chi connectivity index (χ3n) is 4.39. The van der Waals surface area contributed by atoms with Crippen LogP contribution in [0, 0.1) is 0 Å². The molecule has 3 rings (SSSR count). The number of hydrogen-bond acceptors (Lipinski definition) is 5. The fourth-order valence-electron chi connectivity index (χ4n) is 2.81. The van der Waals surface area contributed by atoms with E-state index in [1.807, 2.05) is 25.1 Å². The molecule has 30 heavy (non-hydrogen) atoms. The van der Waals surface area contributed by atoms with Gasteiger partial charge < -0.3 is 10.2 Å². The Hall–Kier alpha value is -2.78. The summed E-state index contributed by atoms with van der Waals surface area (Å²) in [4.78, 5) is 27.9. The average Bonchev–Trinajstić information content (AvgIpc) is 3.20. The van der Waals surface area contributed by atoms with Crippen LogP contribution in [0.1, 0.15) is 19.4 Å². The minimum Gasteiger partial charge on any atom is -0.335 e. The van der Waals surface area contributed by atoms with Gasteiger partial charge in [0.15, 0.2) is 6.04 Å². The summed E-state index contributed by atoms with van der Waals surface area (Å²) < 4.78 is 0.764. The molecule has 1 atom stereocenters. The largest absolute Gasteiger partial charge is 0.335 e. The number of benzene rings is 2. The molecule has 156 valence electrons. The second-order valence-electron chi connectivity index (χ2n) is 6.59. The van der Waals surface area contributed by atoms with E-state index < -0.39 is 6.04 Å². The first-order valence-corrected chi connectivity index (χ1v) is 10.4.